The number of ether oxygens (including phenoxy) is 4. The lowest BCUT2D eigenvalue weighted by Gasteiger charge is -2.44. The highest BCUT2D eigenvalue weighted by atomic mass is 32.1. The van der Waals surface area contributed by atoms with Gasteiger partial charge in [0.2, 0.25) is 11.6 Å². The van der Waals surface area contributed by atoms with E-state index in [-0.39, 0.29) is 83.7 Å². The molecule has 0 bridgehead atoms. The first-order valence-electron chi connectivity index (χ1n) is 14.6. The molecule has 276 valence electrons. The molecule has 0 atom stereocenters. The van der Waals surface area contributed by atoms with Crippen LogP contribution in [0.15, 0.2) is 48.5 Å². The van der Waals surface area contributed by atoms with Crippen molar-refractivity contribution < 1.29 is 81.2 Å². The summed E-state index contributed by atoms with van der Waals surface area (Å²) >= 11 is 1.12. The monoisotopic (exact) mass is 788 g/mol. The summed E-state index contributed by atoms with van der Waals surface area (Å²) in [5, 5.41) is 0. The van der Waals surface area contributed by atoms with Gasteiger partial charge in [-0.1, -0.05) is 0 Å². The molecule has 0 amide bonds. The molecule has 4 heterocycles. The van der Waals surface area contributed by atoms with Crippen LogP contribution in [0.4, 0.5) is 52.7 Å². The van der Waals surface area contributed by atoms with Crippen molar-refractivity contribution in [1.29, 1.82) is 0 Å². The third kappa shape index (κ3) is 5.83. The molecule has 0 N–H and O–H groups in total. The molecular weight excluding hydrogens is 772 g/mol. The maximum atomic E-state index is 13.7. The summed E-state index contributed by atoms with van der Waals surface area (Å²) in [6.07, 6.45) is -21.1. The summed E-state index contributed by atoms with van der Waals surface area (Å²) in [6.45, 7) is -0.479. The number of ketones is 2. The summed E-state index contributed by atoms with van der Waals surface area (Å²) in [5.74, 6) is -6.70. The van der Waals surface area contributed by atoms with Crippen molar-refractivity contribution in [3.63, 3.8) is 0 Å². The van der Waals surface area contributed by atoms with Gasteiger partial charge < -0.3 is 18.9 Å². The van der Waals surface area contributed by atoms with Gasteiger partial charge in [0.25, 0.3) is 11.6 Å². The highest BCUT2D eigenvalue weighted by Crippen LogP contribution is 2.63. The quantitative estimate of drug-likeness (QED) is 0.152. The number of hydrogen-bond donors (Lipinski definition) is 0. The predicted octanol–water partition coefficient (Wildman–Crippen LogP) is 9.43. The van der Waals surface area contributed by atoms with E-state index in [2.05, 4.69) is 0 Å². The molecule has 2 fully saturated rings. The van der Waals surface area contributed by atoms with Crippen LogP contribution in [0.25, 0.3) is 9.75 Å². The van der Waals surface area contributed by atoms with Crippen LogP contribution in [0.2, 0.25) is 0 Å². The van der Waals surface area contributed by atoms with Crippen molar-refractivity contribution in [3.05, 3.63) is 103 Å². The number of thiophene rings is 2. The number of fused-ring (bicyclic) bond motifs is 6. The van der Waals surface area contributed by atoms with E-state index in [1.54, 1.807) is 0 Å². The summed E-state index contributed by atoms with van der Waals surface area (Å²) in [7, 11) is 0. The Kier molecular flexibility index (Phi) is 8.32. The molecule has 4 aromatic rings. The minimum Gasteiger partial charge on any atom is -0.339 e. The Bertz CT molecular complexity index is 1900. The molecule has 1 aliphatic carbocycles. The van der Waals surface area contributed by atoms with Gasteiger partial charge in [0.1, 0.15) is 0 Å². The van der Waals surface area contributed by atoms with Gasteiger partial charge in [-0.15, -0.1) is 22.7 Å². The lowest BCUT2D eigenvalue weighted by atomic mass is 9.84. The van der Waals surface area contributed by atoms with Gasteiger partial charge in [-0.3, -0.25) is 9.59 Å². The number of hydrogen-bond acceptors (Lipinski definition) is 8. The molecule has 20 heteroatoms. The molecular formula is C32H16F12O6S2. The molecule has 2 saturated heterocycles. The first-order chi connectivity index (χ1) is 24.0. The molecule has 52 heavy (non-hydrogen) atoms. The maximum Gasteiger partial charge on any atom is 0.416 e. The van der Waals surface area contributed by atoms with Crippen molar-refractivity contribution >= 4 is 34.2 Å². The third-order valence-electron chi connectivity index (χ3n) is 8.35. The van der Waals surface area contributed by atoms with Gasteiger partial charge >= 0.3 is 24.7 Å². The zero-order chi connectivity index (χ0) is 37.8. The van der Waals surface area contributed by atoms with E-state index in [1.165, 1.54) is 0 Å². The van der Waals surface area contributed by atoms with Gasteiger partial charge in [0, 0.05) is 22.3 Å². The van der Waals surface area contributed by atoms with Gasteiger partial charge in [-0.25, -0.2) is 0 Å². The van der Waals surface area contributed by atoms with Crippen LogP contribution >= 0.6 is 22.7 Å². The highest BCUT2D eigenvalue weighted by Gasteiger charge is 2.67. The topological polar surface area (TPSA) is 71.1 Å². The van der Waals surface area contributed by atoms with Crippen molar-refractivity contribution in [3.8, 4) is 9.75 Å². The van der Waals surface area contributed by atoms with Crippen LogP contribution in [0.5, 0.6) is 0 Å². The predicted molar refractivity (Wildman–Crippen MR) is 155 cm³/mol. The first-order valence-corrected chi connectivity index (χ1v) is 16.2. The SMILES string of the molecule is O=C(c1cc(C(F)(F)F)cc(C(F)(F)F)c1)c1cc2c(s1)-c1sc(C(=O)c3cc(C(F)(F)F)cc(C(F)(F)F)c3)cc1C1(OCCO1)C21OCCO1. The molecule has 0 radical (unpaired) electrons. The van der Waals surface area contributed by atoms with Gasteiger partial charge in [0.15, 0.2) is 0 Å². The van der Waals surface area contributed by atoms with Crippen LogP contribution in [0, 0.1) is 0 Å². The average Bonchev–Trinajstić information content (AvgIpc) is 3.87. The number of carbonyl (C=O) groups is 2. The molecule has 7 rings (SSSR count). The average molecular weight is 789 g/mol. The zero-order valence-electron chi connectivity index (χ0n) is 25.2. The fourth-order valence-corrected chi connectivity index (χ4v) is 8.64. The summed E-state index contributed by atoms with van der Waals surface area (Å²) < 4.78 is 187. The molecule has 6 nitrogen and oxygen atoms in total. The third-order valence-corrected chi connectivity index (χ3v) is 10.8. The molecule has 0 unspecified atom stereocenters. The lowest BCUT2D eigenvalue weighted by molar-refractivity contribution is -0.365. The van der Waals surface area contributed by atoms with Crippen LogP contribution in [-0.4, -0.2) is 38.0 Å². The Morgan fingerprint density at radius 1 is 0.462 bits per heavy atom. The number of halogens is 12. The Hall–Kier alpha value is -3.82. The van der Waals surface area contributed by atoms with E-state index in [1.807, 2.05) is 0 Å². The summed E-state index contributed by atoms with van der Waals surface area (Å²) in [5.41, 5.74) is -9.00. The Morgan fingerprint density at radius 2 is 0.731 bits per heavy atom. The van der Waals surface area contributed by atoms with E-state index in [0.29, 0.717) is 22.7 Å². The second-order valence-corrected chi connectivity index (χ2v) is 13.7. The van der Waals surface area contributed by atoms with Crippen LogP contribution < -0.4 is 0 Å². The molecule has 0 saturated carbocycles. The van der Waals surface area contributed by atoms with Gasteiger partial charge in [0.05, 0.1) is 68.2 Å². The zero-order valence-corrected chi connectivity index (χ0v) is 26.9. The molecule has 2 aromatic heterocycles. The van der Waals surface area contributed by atoms with Crippen molar-refractivity contribution in [2.24, 2.45) is 0 Å². The summed E-state index contributed by atoms with van der Waals surface area (Å²) in [6, 6.07) is 2.88. The number of alkyl halides is 12. The number of carbonyl (C=O) groups excluding carboxylic acids is 2. The van der Waals surface area contributed by atoms with E-state index >= 15 is 0 Å². The Balaban J connectivity index is 1.40. The Morgan fingerprint density at radius 3 is 0.981 bits per heavy atom. The normalized spacial score (nSPS) is 18.2. The van der Waals surface area contributed by atoms with Gasteiger partial charge in [-0.2, -0.15) is 52.7 Å². The van der Waals surface area contributed by atoms with Crippen molar-refractivity contribution in [1.82, 2.24) is 0 Å². The van der Waals surface area contributed by atoms with Gasteiger partial charge in [-0.05, 0) is 48.5 Å². The second-order valence-electron chi connectivity index (χ2n) is 11.6. The minimum atomic E-state index is -5.26. The fourth-order valence-electron chi connectivity index (χ4n) is 6.16. The smallest absolute Gasteiger partial charge is 0.339 e. The van der Waals surface area contributed by atoms with Crippen molar-refractivity contribution in [2.45, 2.75) is 36.3 Å². The minimum absolute atomic E-state index is 0.0324. The molecule has 3 aliphatic rings. The maximum absolute atomic E-state index is 13.7. The van der Waals surface area contributed by atoms with Crippen molar-refractivity contribution in [2.75, 3.05) is 26.4 Å². The van der Waals surface area contributed by atoms with E-state index in [4.69, 9.17) is 18.9 Å². The second kappa shape index (κ2) is 11.8. The molecule has 2 aliphatic heterocycles. The molecule has 2 aromatic carbocycles. The largest absolute Gasteiger partial charge is 0.416 e. The van der Waals surface area contributed by atoms with Crippen LogP contribution in [0.1, 0.15) is 63.9 Å². The van der Waals surface area contributed by atoms with E-state index in [9.17, 15) is 62.3 Å². The number of benzene rings is 2. The van der Waals surface area contributed by atoms with Crippen LogP contribution in [-0.2, 0) is 55.2 Å². The summed E-state index contributed by atoms with van der Waals surface area (Å²) in [4.78, 5) is 26.6. The Labute approximate surface area is 290 Å². The van der Waals surface area contributed by atoms with E-state index < -0.39 is 91.0 Å². The van der Waals surface area contributed by atoms with E-state index in [0.717, 1.165) is 12.1 Å². The molecule has 2 spiro atoms. The lowest BCUT2D eigenvalue weighted by Crippen LogP contribution is -2.53. The first kappa shape index (κ1) is 36.5. The standard InChI is InChI=1S/C32H16F12O6S2/c33-29(34,35)15-5-13(6-16(9-15)30(36,37)38)23(45)21-11-19-25(51-21)26-20(28(49-3-4-50-28)27(19)47-1-2-48-27)12-22(52-26)24(46)14-7-17(31(39,40)41)10-18(8-14)32(42,43)44/h5-12H,1-4H2. The number of rotatable bonds is 4. The van der Waals surface area contributed by atoms with Crippen LogP contribution in [0.3, 0.4) is 0 Å². The fraction of sp³-hybridized carbons (Fsp3) is 0.312. The highest BCUT2D eigenvalue weighted by molar-refractivity contribution is 7.24.